The molecule has 1 heterocycles. The van der Waals surface area contributed by atoms with Crippen LogP contribution < -0.4 is 31.9 Å². The summed E-state index contributed by atoms with van der Waals surface area (Å²) >= 11 is 0. The molecule has 0 radical (unpaired) electrons. The number of hydrogen-bond donors (Lipinski definition) is 7. The first-order chi connectivity index (χ1) is 29.2. The number of carboxylic acids is 1. The second-order valence-electron chi connectivity index (χ2n) is 19.1. The zero-order chi connectivity index (χ0) is 47.5. The third-order valence-electron chi connectivity index (χ3n) is 9.80. The van der Waals surface area contributed by atoms with Crippen LogP contribution >= 0.6 is 0 Å². The number of benzene rings is 1. The first-order valence-electron chi connectivity index (χ1n) is 22.1. The Kier molecular flexibility index (Phi) is 21.6. The van der Waals surface area contributed by atoms with Gasteiger partial charge in [-0.15, -0.1) is 0 Å². The van der Waals surface area contributed by atoms with Gasteiger partial charge in [-0.2, -0.15) is 0 Å². The number of alkyl carbamates (subject to hydrolysis) is 2. The molecule has 5 atom stereocenters. The summed E-state index contributed by atoms with van der Waals surface area (Å²) in [6, 6.07) is 4.76. The Bertz CT molecular complexity index is 1650. The van der Waals surface area contributed by atoms with Gasteiger partial charge >= 0.3 is 24.2 Å². The van der Waals surface area contributed by atoms with E-state index >= 15 is 0 Å². The summed E-state index contributed by atoms with van der Waals surface area (Å²) in [5, 5.41) is 25.8. The molecule has 1 aromatic rings. The lowest BCUT2D eigenvalue weighted by atomic mass is 9.89. The average molecular weight is 890 g/mol. The van der Waals surface area contributed by atoms with E-state index < -0.39 is 89.0 Å². The predicted octanol–water partition coefficient (Wildman–Crippen LogP) is 5.10. The fourth-order valence-corrected chi connectivity index (χ4v) is 6.80. The number of amides is 7. The van der Waals surface area contributed by atoms with Gasteiger partial charge in [-0.05, 0) is 139 Å². The number of carboxylic acid groups (broad SMARTS) is 1. The Balaban J connectivity index is 2.16. The van der Waals surface area contributed by atoms with Crippen molar-refractivity contribution in [3.8, 4) is 0 Å². The normalized spacial score (nSPS) is 16.0. The molecule has 0 aromatic heterocycles. The van der Waals surface area contributed by atoms with Crippen molar-refractivity contribution >= 4 is 41.9 Å². The maximum Gasteiger partial charge on any atom is 0.407 e. The van der Waals surface area contributed by atoms with E-state index in [0.717, 1.165) is 12.8 Å². The van der Waals surface area contributed by atoms with Crippen molar-refractivity contribution in [3.63, 3.8) is 0 Å². The fraction of sp³-hybridized carbons (Fsp3) is 0.711. The molecule has 5 unspecified atom stereocenters. The third kappa shape index (κ3) is 22.2. The summed E-state index contributed by atoms with van der Waals surface area (Å²) in [5.41, 5.74) is -0.870. The van der Waals surface area contributed by atoms with Crippen LogP contribution in [0.5, 0.6) is 0 Å². The lowest BCUT2D eigenvalue weighted by Crippen LogP contribution is -2.61. The lowest BCUT2D eigenvalue weighted by molar-refractivity contribution is -0.143. The topological polar surface area (TPSA) is 243 Å². The Morgan fingerprint density at radius 3 is 1.63 bits per heavy atom. The first kappa shape index (κ1) is 54.0. The van der Waals surface area contributed by atoms with Crippen LogP contribution in [0.2, 0.25) is 0 Å². The summed E-state index contributed by atoms with van der Waals surface area (Å²) in [6.45, 7) is 20.3. The first-order valence-corrected chi connectivity index (χ1v) is 22.1. The fourth-order valence-electron chi connectivity index (χ4n) is 6.80. The molecule has 18 nitrogen and oxygen atoms in total. The van der Waals surface area contributed by atoms with Gasteiger partial charge in [0, 0.05) is 26.2 Å². The molecule has 0 bridgehead atoms. The molecule has 356 valence electrons. The molecule has 1 fully saturated rings. The lowest BCUT2D eigenvalue weighted by Gasteiger charge is -2.34. The number of carbonyl (C=O) groups is 7. The van der Waals surface area contributed by atoms with Crippen LogP contribution in [-0.2, 0) is 33.4 Å². The van der Waals surface area contributed by atoms with Gasteiger partial charge in [0.15, 0.2) is 0 Å². The molecule has 0 aliphatic carbocycles. The van der Waals surface area contributed by atoms with Crippen LogP contribution in [0.3, 0.4) is 0 Å². The van der Waals surface area contributed by atoms with E-state index in [4.69, 9.17) is 14.2 Å². The number of unbranched alkanes of at least 4 members (excludes halogenated alkanes) is 2. The number of ether oxygens (including phenoxy) is 3. The van der Waals surface area contributed by atoms with Gasteiger partial charge in [0.2, 0.25) is 17.7 Å². The minimum absolute atomic E-state index is 0.0576. The number of nitrogens with zero attached hydrogens (tertiary/aromatic N) is 1. The summed E-state index contributed by atoms with van der Waals surface area (Å²) in [4.78, 5) is 92.8. The van der Waals surface area contributed by atoms with Crippen molar-refractivity contribution in [1.82, 2.24) is 36.8 Å². The summed E-state index contributed by atoms with van der Waals surface area (Å²) < 4.78 is 16.6. The van der Waals surface area contributed by atoms with Crippen molar-refractivity contribution in [1.29, 1.82) is 0 Å². The Morgan fingerprint density at radius 2 is 1.16 bits per heavy atom. The second-order valence-corrected chi connectivity index (χ2v) is 19.1. The number of urea groups is 1. The van der Waals surface area contributed by atoms with Crippen molar-refractivity contribution in [3.05, 3.63) is 35.9 Å². The molecule has 1 saturated heterocycles. The van der Waals surface area contributed by atoms with Crippen LogP contribution in [0.1, 0.15) is 139 Å². The SMILES string of the molecule is CC(NC(=O)C(NC(=O)C(CCCCNC(=O)OC(C)(C)C)NC(=O)N1CCC(c2ccccc2)CC1)C(C)OC(C)(C)C)C(=O)NC(CCCCNC(=O)OC(C)(C)C)C(=O)O. The zero-order valence-corrected chi connectivity index (χ0v) is 39.3. The molecule has 63 heavy (non-hydrogen) atoms. The van der Waals surface area contributed by atoms with E-state index in [0.29, 0.717) is 44.7 Å². The number of hydrogen-bond acceptors (Lipinski definition) is 10. The van der Waals surface area contributed by atoms with Crippen molar-refractivity contribution < 1.29 is 52.9 Å². The van der Waals surface area contributed by atoms with E-state index in [1.54, 1.807) is 74.1 Å². The maximum atomic E-state index is 14.2. The van der Waals surface area contributed by atoms with Gasteiger partial charge in [0.25, 0.3) is 0 Å². The van der Waals surface area contributed by atoms with E-state index in [-0.39, 0.29) is 25.9 Å². The predicted molar refractivity (Wildman–Crippen MR) is 238 cm³/mol. The molecule has 7 N–H and O–H groups in total. The zero-order valence-electron chi connectivity index (χ0n) is 39.3. The van der Waals surface area contributed by atoms with Gasteiger partial charge < -0.3 is 56.1 Å². The molecular formula is C45H75N7O11. The number of piperidine rings is 1. The molecule has 1 aromatic carbocycles. The van der Waals surface area contributed by atoms with Crippen LogP contribution in [-0.4, -0.2) is 125 Å². The van der Waals surface area contributed by atoms with Crippen molar-refractivity contribution in [2.75, 3.05) is 26.2 Å². The number of carbonyl (C=O) groups excluding carboxylic acids is 6. The van der Waals surface area contributed by atoms with Gasteiger partial charge in [-0.25, -0.2) is 19.2 Å². The summed E-state index contributed by atoms with van der Waals surface area (Å²) in [6.07, 6.45) is 1.30. The minimum Gasteiger partial charge on any atom is -0.480 e. The van der Waals surface area contributed by atoms with Gasteiger partial charge in [-0.3, -0.25) is 14.4 Å². The monoisotopic (exact) mass is 890 g/mol. The Morgan fingerprint density at radius 1 is 0.651 bits per heavy atom. The summed E-state index contributed by atoms with van der Waals surface area (Å²) in [5.74, 6) is -3.16. The second kappa shape index (κ2) is 25.2. The highest BCUT2D eigenvalue weighted by Crippen LogP contribution is 2.28. The van der Waals surface area contributed by atoms with Gasteiger partial charge in [-0.1, -0.05) is 30.3 Å². The molecule has 18 heteroatoms. The number of aliphatic carboxylic acids is 1. The largest absolute Gasteiger partial charge is 0.480 e. The molecular weight excluding hydrogens is 815 g/mol. The third-order valence-corrected chi connectivity index (χ3v) is 9.80. The van der Waals surface area contributed by atoms with E-state index in [1.165, 1.54) is 12.5 Å². The summed E-state index contributed by atoms with van der Waals surface area (Å²) in [7, 11) is 0. The van der Waals surface area contributed by atoms with E-state index in [2.05, 4.69) is 44.0 Å². The standard InChI is InChI=1S/C45H75N7O11/c1-29(36(53)49-34(39(56)57)22-16-18-26-47-42(60)63-45(9,10)11)48-38(55)35(30(2)61-43(3,4)5)51-37(54)33(21-15-17-25-46-41(59)62-44(6,7)8)50-40(58)52-27-23-32(24-28-52)31-19-13-12-14-20-31/h12-14,19-20,29-30,32-35H,15-18,21-28H2,1-11H3,(H,46,59)(H,47,60)(H,48,55)(H,49,53)(H,50,58)(H,51,54)(H,56,57). The molecule has 0 spiro atoms. The minimum atomic E-state index is -1.34. The molecule has 7 amide bonds. The molecule has 2 rings (SSSR count). The Hall–Kier alpha value is -5.13. The van der Waals surface area contributed by atoms with Gasteiger partial charge in [0.05, 0.1) is 11.7 Å². The number of nitrogens with one attached hydrogen (secondary N) is 6. The highest BCUT2D eigenvalue weighted by molar-refractivity contribution is 5.95. The van der Waals surface area contributed by atoms with Crippen LogP contribution in [0.15, 0.2) is 30.3 Å². The van der Waals surface area contributed by atoms with Crippen molar-refractivity contribution in [2.45, 2.75) is 181 Å². The highest BCUT2D eigenvalue weighted by Gasteiger charge is 2.36. The maximum absolute atomic E-state index is 14.2. The van der Waals surface area contributed by atoms with Gasteiger partial charge in [0.1, 0.15) is 35.4 Å². The number of rotatable bonds is 21. The van der Waals surface area contributed by atoms with Crippen molar-refractivity contribution in [2.24, 2.45) is 0 Å². The molecule has 1 aliphatic heterocycles. The van der Waals surface area contributed by atoms with E-state index in [1.807, 2.05) is 18.2 Å². The quantitative estimate of drug-likeness (QED) is 0.0802. The highest BCUT2D eigenvalue weighted by atomic mass is 16.6. The van der Waals surface area contributed by atoms with E-state index in [9.17, 15) is 38.7 Å². The molecule has 1 aliphatic rings. The Labute approximate surface area is 373 Å². The molecule has 0 saturated carbocycles. The van der Waals surface area contributed by atoms with Crippen LogP contribution in [0, 0.1) is 0 Å². The average Bonchev–Trinajstić information content (AvgIpc) is 3.16. The van der Waals surface area contributed by atoms with Crippen LogP contribution in [0.4, 0.5) is 14.4 Å². The van der Waals surface area contributed by atoms with Crippen LogP contribution in [0.25, 0.3) is 0 Å². The smallest absolute Gasteiger partial charge is 0.407 e. The number of likely N-dealkylation sites (tertiary alicyclic amines) is 1.